The molecular weight excluding hydrogens is 1010 g/mol. The van der Waals surface area contributed by atoms with E-state index in [-0.39, 0.29) is 62.3 Å². The molecule has 24 nitrogen and oxygen atoms in total. The van der Waals surface area contributed by atoms with Crippen LogP contribution in [0.3, 0.4) is 0 Å². The first kappa shape index (κ1) is 57.9. The average Bonchev–Trinajstić information content (AvgIpc) is 4.17. The standard InChI is InChI=1S/C54H63N11O13/c1-30(59-49(72)40(23-31-6-3-2-4-7-31)62-50(73)42(25-34-13-19-38(68)20-14-34)61-48(71)39(55)22-32-9-15-36(66)16-10-32)47(70)60-41(24-33-11-17-37(67)18-12-33)51(74)63-43(26-35-28-57-29-58-35)53(76)65-21-5-8-45(65)52(75)64-44(54(77)78)27-46(56)69/h2-4,6-7,9-20,28-30,39-45,66-68H,5,8,21-27,55H2,1H3,(H2,56,69)(H,57,58)(H,59,72)(H,60,70)(H,61,71)(H,62,73)(H,63,74)(H,64,75)(H,77,78)/t30-,39-,40-,41-,42-,43-,44-,45-/m0/s1. The summed E-state index contributed by atoms with van der Waals surface area (Å²) in [5.41, 5.74) is 14.1. The number of nitrogens with one attached hydrogen (secondary N) is 7. The van der Waals surface area contributed by atoms with E-state index in [9.17, 15) is 63.6 Å². The Hall–Kier alpha value is -9.32. The monoisotopic (exact) mass is 1070 g/mol. The maximum atomic E-state index is 14.5. The normalized spacial score (nSPS) is 15.7. The van der Waals surface area contributed by atoms with Gasteiger partial charge in [0.15, 0.2) is 0 Å². The molecule has 6 rings (SSSR count). The fraction of sp³-hybridized carbons (Fsp3) is 0.333. The number of aromatic nitrogens is 2. The molecule has 15 N–H and O–H groups in total. The number of primary amides is 1. The van der Waals surface area contributed by atoms with Gasteiger partial charge in [0.2, 0.25) is 47.3 Å². The van der Waals surface area contributed by atoms with Gasteiger partial charge in [0, 0.05) is 44.1 Å². The number of hydrogen-bond donors (Lipinski definition) is 13. The van der Waals surface area contributed by atoms with E-state index in [2.05, 4.69) is 41.9 Å². The van der Waals surface area contributed by atoms with Gasteiger partial charge in [0.05, 0.1) is 18.8 Å². The van der Waals surface area contributed by atoms with Crippen molar-refractivity contribution in [2.24, 2.45) is 11.5 Å². The molecule has 0 bridgehead atoms. The van der Waals surface area contributed by atoms with Crippen LogP contribution in [-0.2, 0) is 75.3 Å². The van der Waals surface area contributed by atoms with Crippen LogP contribution in [0.5, 0.6) is 17.2 Å². The van der Waals surface area contributed by atoms with Crippen molar-refractivity contribution in [2.45, 2.75) is 107 Å². The number of nitrogens with two attached hydrogens (primary N) is 2. The largest absolute Gasteiger partial charge is 0.508 e. The second-order valence-corrected chi connectivity index (χ2v) is 18.9. The van der Waals surface area contributed by atoms with Crippen LogP contribution in [0.1, 0.15) is 54.1 Å². The van der Waals surface area contributed by atoms with E-state index in [4.69, 9.17) is 11.5 Å². The third kappa shape index (κ3) is 17.1. The highest BCUT2D eigenvalue weighted by Gasteiger charge is 2.40. The first-order valence-electron chi connectivity index (χ1n) is 25.0. The van der Waals surface area contributed by atoms with E-state index in [0.29, 0.717) is 34.4 Å². The molecule has 5 aromatic rings. The maximum absolute atomic E-state index is 14.5. The Balaban J connectivity index is 1.21. The summed E-state index contributed by atoms with van der Waals surface area (Å²) < 4.78 is 0. The number of benzene rings is 4. The predicted octanol–water partition coefficient (Wildman–Crippen LogP) is -0.753. The zero-order valence-electron chi connectivity index (χ0n) is 42.5. The van der Waals surface area contributed by atoms with Gasteiger partial charge in [-0.25, -0.2) is 9.78 Å². The summed E-state index contributed by atoms with van der Waals surface area (Å²) in [5.74, 6) is -8.25. The number of nitrogens with zero attached hydrogens (tertiary/aromatic N) is 2. The van der Waals surface area contributed by atoms with Crippen LogP contribution >= 0.6 is 0 Å². The van der Waals surface area contributed by atoms with Crippen LogP contribution in [0.15, 0.2) is 116 Å². The van der Waals surface area contributed by atoms with Crippen LogP contribution in [0.2, 0.25) is 0 Å². The molecule has 1 saturated heterocycles. The molecule has 4 aromatic carbocycles. The van der Waals surface area contributed by atoms with Crippen LogP contribution in [-0.4, -0.2) is 143 Å². The topological polar surface area (TPSA) is 391 Å². The van der Waals surface area contributed by atoms with E-state index in [1.54, 1.807) is 54.6 Å². The molecule has 8 amide bonds. The van der Waals surface area contributed by atoms with Crippen molar-refractivity contribution >= 4 is 53.2 Å². The summed E-state index contributed by atoms with van der Waals surface area (Å²) in [7, 11) is 0. The van der Waals surface area contributed by atoms with Gasteiger partial charge in [0.1, 0.15) is 59.5 Å². The van der Waals surface area contributed by atoms with Gasteiger partial charge in [-0.15, -0.1) is 0 Å². The fourth-order valence-corrected chi connectivity index (χ4v) is 8.68. The second kappa shape index (κ2) is 27.5. The van der Waals surface area contributed by atoms with Gasteiger partial charge in [-0.05, 0) is 84.8 Å². The number of phenols is 3. The fourth-order valence-electron chi connectivity index (χ4n) is 8.68. The maximum Gasteiger partial charge on any atom is 0.326 e. The summed E-state index contributed by atoms with van der Waals surface area (Å²) in [6, 6.07) is 15.5. The van der Waals surface area contributed by atoms with Crippen LogP contribution < -0.4 is 43.4 Å². The quantitative estimate of drug-likeness (QED) is 0.0324. The number of carboxylic acid groups (broad SMARTS) is 1. The zero-order chi connectivity index (χ0) is 56.5. The molecule has 0 spiro atoms. The molecule has 0 aliphatic carbocycles. The van der Waals surface area contributed by atoms with Crippen molar-refractivity contribution in [3.8, 4) is 17.2 Å². The molecule has 1 fully saturated rings. The minimum absolute atomic E-state index is 0.0198. The second-order valence-electron chi connectivity index (χ2n) is 18.9. The SMILES string of the molecule is C[C@H](NC(=O)[C@H](Cc1ccccc1)NC(=O)[C@H](Cc1ccc(O)cc1)NC(=O)[C@@H](N)Cc1ccc(O)cc1)C(=O)N[C@@H](Cc1ccc(O)cc1)C(=O)N[C@@H](Cc1cnc[nH]1)C(=O)N1CCC[C@H]1C(=O)N[C@@H](CC(N)=O)C(=O)O. The number of aromatic amines is 1. The number of phenolic OH excluding ortho intramolecular Hbond substituents is 3. The Morgan fingerprint density at radius 2 is 1.05 bits per heavy atom. The predicted molar refractivity (Wildman–Crippen MR) is 279 cm³/mol. The van der Waals surface area contributed by atoms with Crippen molar-refractivity contribution in [3.05, 3.63) is 144 Å². The molecule has 1 aliphatic heterocycles. The zero-order valence-corrected chi connectivity index (χ0v) is 42.5. The Labute approximate surface area is 447 Å². The van der Waals surface area contributed by atoms with E-state index in [0.717, 1.165) is 0 Å². The van der Waals surface area contributed by atoms with Gasteiger partial charge in [-0.3, -0.25) is 38.4 Å². The molecule has 0 unspecified atom stereocenters. The Bertz CT molecular complexity index is 2890. The third-order valence-corrected chi connectivity index (χ3v) is 12.9. The van der Waals surface area contributed by atoms with E-state index < -0.39 is 108 Å². The molecule has 24 heteroatoms. The number of carbonyl (C=O) groups excluding carboxylic acids is 8. The number of aliphatic carboxylic acids is 1. The minimum atomic E-state index is -1.67. The first-order valence-corrected chi connectivity index (χ1v) is 25.0. The molecule has 1 aromatic heterocycles. The summed E-state index contributed by atoms with van der Waals surface area (Å²) >= 11 is 0. The van der Waals surface area contributed by atoms with E-state index >= 15 is 0 Å². The van der Waals surface area contributed by atoms with Crippen LogP contribution in [0, 0.1) is 0 Å². The summed E-state index contributed by atoms with van der Waals surface area (Å²) in [6.45, 7) is 1.38. The molecule has 8 atom stereocenters. The van der Waals surface area contributed by atoms with Crippen molar-refractivity contribution < 1.29 is 63.6 Å². The third-order valence-electron chi connectivity index (χ3n) is 12.9. The van der Waals surface area contributed by atoms with Crippen LogP contribution in [0.4, 0.5) is 0 Å². The van der Waals surface area contributed by atoms with Gasteiger partial charge < -0.3 is 73.7 Å². The number of rotatable bonds is 26. The molecular formula is C54H63N11O13. The van der Waals surface area contributed by atoms with Crippen molar-refractivity contribution in [3.63, 3.8) is 0 Å². The van der Waals surface area contributed by atoms with Gasteiger partial charge in [-0.1, -0.05) is 66.7 Å². The van der Waals surface area contributed by atoms with Gasteiger partial charge in [0.25, 0.3) is 0 Å². The molecule has 78 heavy (non-hydrogen) atoms. The Kier molecular flexibility index (Phi) is 20.4. The number of imidazole rings is 1. The summed E-state index contributed by atoms with van der Waals surface area (Å²) in [5, 5.41) is 54.9. The lowest BCUT2D eigenvalue weighted by atomic mass is 10.0. The molecule has 1 aliphatic rings. The molecule has 0 radical (unpaired) electrons. The van der Waals surface area contributed by atoms with Gasteiger partial charge in [-0.2, -0.15) is 0 Å². The summed E-state index contributed by atoms with van der Waals surface area (Å²) in [6.07, 6.45) is 2.01. The van der Waals surface area contributed by atoms with Gasteiger partial charge >= 0.3 is 5.97 Å². The van der Waals surface area contributed by atoms with Crippen molar-refractivity contribution in [1.29, 1.82) is 0 Å². The Morgan fingerprint density at radius 1 is 0.590 bits per heavy atom. The number of carbonyl (C=O) groups is 9. The lowest BCUT2D eigenvalue weighted by Gasteiger charge is -2.30. The molecule has 412 valence electrons. The minimum Gasteiger partial charge on any atom is -0.508 e. The number of H-pyrrole nitrogens is 1. The first-order chi connectivity index (χ1) is 37.2. The molecule has 0 saturated carbocycles. The summed E-state index contributed by atoms with van der Waals surface area (Å²) in [4.78, 5) is 130. The van der Waals surface area contributed by atoms with Crippen molar-refractivity contribution in [2.75, 3.05) is 6.54 Å². The number of likely N-dealkylation sites (tertiary alicyclic amines) is 1. The number of aromatic hydroxyl groups is 3. The lowest BCUT2D eigenvalue weighted by Crippen LogP contribution is -2.60. The Morgan fingerprint density at radius 3 is 1.54 bits per heavy atom. The highest BCUT2D eigenvalue weighted by atomic mass is 16.4. The van der Waals surface area contributed by atoms with E-state index in [1.165, 1.54) is 72.9 Å². The number of amides is 8. The van der Waals surface area contributed by atoms with Crippen LogP contribution in [0.25, 0.3) is 0 Å². The lowest BCUT2D eigenvalue weighted by molar-refractivity contribution is -0.146. The van der Waals surface area contributed by atoms with E-state index in [1.807, 2.05) is 0 Å². The highest BCUT2D eigenvalue weighted by Crippen LogP contribution is 2.21. The highest BCUT2D eigenvalue weighted by molar-refractivity contribution is 5.98. The number of carboxylic acids is 1. The average molecular weight is 1070 g/mol. The number of hydrogen-bond acceptors (Lipinski definition) is 14. The smallest absolute Gasteiger partial charge is 0.326 e. The molecule has 2 heterocycles. The van der Waals surface area contributed by atoms with Crippen molar-refractivity contribution in [1.82, 2.24) is 46.8 Å².